The van der Waals surface area contributed by atoms with E-state index in [9.17, 15) is 4.79 Å². The molecule has 1 N–H and O–H groups in total. The highest BCUT2D eigenvalue weighted by atomic mass is 35.5. The van der Waals surface area contributed by atoms with E-state index in [4.69, 9.17) is 26.3 Å². The maximum absolute atomic E-state index is 11.5. The third-order valence-electron chi connectivity index (χ3n) is 5.31. The number of aromatic nitrogens is 3. The Labute approximate surface area is 186 Å². The number of rotatable bonds is 6. The second-order valence-corrected chi connectivity index (χ2v) is 7.92. The van der Waals surface area contributed by atoms with Gasteiger partial charge in [0.1, 0.15) is 5.82 Å². The number of hydrogen-bond acceptors (Lipinski definition) is 7. The average molecular weight is 438 g/mol. The van der Waals surface area contributed by atoms with E-state index in [1.165, 1.54) is 7.11 Å². The molecule has 3 heterocycles. The zero-order valence-electron chi connectivity index (χ0n) is 17.3. The summed E-state index contributed by atoms with van der Waals surface area (Å²) >= 11 is 6.05. The highest BCUT2D eigenvalue weighted by Gasteiger charge is 2.22. The molecule has 0 unspecified atom stereocenters. The van der Waals surface area contributed by atoms with E-state index in [0.717, 1.165) is 48.6 Å². The monoisotopic (exact) mass is 437 g/mol. The lowest BCUT2D eigenvalue weighted by Gasteiger charge is -2.31. The van der Waals surface area contributed by atoms with Crippen molar-refractivity contribution in [3.05, 3.63) is 59.9 Å². The summed E-state index contributed by atoms with van der Waals surface area (Å²) in [7, 11) is 1.42. The number of nitrogens with one attached hydrogen (secondary N) is 1. The van der Waals surface area contributed by atoms with E-state index < -0.39 is 0 Å². The van der Waals surface area contributed by atoms with Crippen LogP contribution in [-0.4, -0.2) is 58.6 Å². The van der Waals surface area contributed by atoms with Crippen molar-refractivity contribution in [1.82, 2.24) is 19.9 Å². The summed E-state index contributed by atoms with van der Waals surface area (Å²) in [6.45, 7) is 2.00. The Bertz CT molecular complexity index is 1020. The summed E-state index contributed by atoms with van der Waals surface area (Å²) in [6, 6.07) is 13.7. The number of methoxy groups -OCH3 is 1. The molecule has 1 aromatic carbocycles. The zero-order valence-corrected chi connectivity index (χ0v) is 18.0. The van der Waals surface area contributed by atoms with Crippen molar-refractivity contribution in [3.8, 4) is 22.6 Å². The maximum atomic E-state index is 11.5. The third-order valence-corrected chi connectivity index (χ3v) is 5.56. The van der Waals surface area contributed by atoms with Crippen LogP contribution in [0.5, 0.6) is 0 Å². The van der Waals surface area contributed by atoms with Crippen LogP contribution in [-0.2, 0) is 9.53 Å². The van der Waals surface area contributed by atoms with Crippen molar-refractivity contribution in [1.29, 1.82) is 0 Å². The number of nitrogens with zero attached hydrogens (tertiary/aromatic N) is 4. The first-order valence-electron chi connectivity index (χ1n) is 10.2. The lowest BCUT2D eigenvalue weighted by molar-refractivity contribution is -0.142. The molecule has 0 amide bonds. The number of anilines is 1. The van der Waals surface area contributed by atoms with Gasteiger partial charge in [-0.05, 0) is 37.1 Å². The third kappa shape index (κ3) is 5.57. The Hall–Kier alpha value is -3.03. The van der Waals surface area contributed by atoms with Crippen molar-refractivity contribution >= 4 is 23.4 Å². The molecular weight excluding hydrogens is 414 g/mol. The van der Waals surface area contributed by atoms with Gasteiger partial charge in [0.05, 0.1) is 19.3 Å². The summed E-state index contributed by atoms with van der Waals surface area (Å²) in [5.74, 6) is 1.19. The molecule has 0 radical (unpaired) electrons. The first-order valence-corrected chi connectivity index (χ1v) is 10.6. The number of carbonyl (C=O) groups is 1. The number of pyridine rings is 1. The molecule has 31 heavy (non-hydrogen) atoms. The number of halogens is 1. The number of ether oxygens (including phenoxy) is 1. The van der Waals surface area contributed by atoms with Crippen LogP contribution >= 0.6 is 11.6 Å². The number of likely N-dealkylation sites (tertiary alicyclic amines) is 1. The number of esters is 1. The molecule has 160 valence electrons. The van der Waals surface area contributed by atoms with Crippen LogP contribution in [0.25, 0.3) is 22.6 Å². The zero-order chi connectivity index (χ0) is 21.6. The van der Waals surface area contributed by atoms with Crippen LogP contribution in [0.1, 0.15) is 12.8 Å². The number of carbonyl (C=O) groups excluding carboxylic acids is 1. The van der Waals surface area contributed by atoms with Gasteiger partial charge in [-0.25, -0.2) is 9.97 Å². The molecule has 1 aliphatic heterocycles. The van der Waals surface area contributed by atoms with Gasteiger partial charge in [-0.15, -0.1) is 0 Å². The largest absolute Gasteiger partial charge is 0.468 e. The lowest BCUT2D eigenvalue weighted by atomic mass is 10.0. The fourth-order valence-electron chi connectivity index (χ4n) is 3.61. The van der Waals surface area contributed by atoms with Gasteiger partial charge in [-0.2, -0.15) is 0 Å². The summed E-state index contributed by atoms with van der Waals surface area (Å²) < 4.78 is 4.77. The van der Waals surface area contributed by atoms with Crippen LogP contribution in [0.2, 0.25) is 5.02 Å². The molecule has 4 rings (SSSR count). The van der Waals surface area contributed by atoms with Crippen LogP contribution in [0.4, 0.5) is 5.82 Å². The fraction of sp³-hybridized carbons (Fsp3) is 0.304. The van der Waals surface area contributed by atoms with Gasteiger partial charge in [0, 0.05) is 53.7 Å². The summed E-state index contributed by atoms with van der Waals surface area (Å²) in [5.41, 5.74) is 2.64. The maximum Gasteiger partial charge on any atom is 0.319 e. The molecule has 1 saturated heterocycles. The van der Waals surface area contributed by atoms with E-state index in [-0.39, 0.29) is 12.0 Å². The van der Waals surface area contributed by atoms with Gasteiger partial charge in [-0.3, -0.25) is 14.7 Å². The average Bonchev–Trinajstić information content (AvgIpc) is 2.81. The Morgan fingerprint density at radius 2 is 1.94 bits per heavy atom. The highest BCUT2D eigenvalue weighted by Crippen LogP contribution is 2.26. The summed E-state index contributed by atoms with van der Waals surface area (Å²) in [5, 5.41) is 4.24. The highest BCUT2D eigenvalue weighted by molar-refractivity contribution is 6.30. The fourth-order valence-corrected chi connectivity index (χ4v) is 3.73. The molecule has 7 nitrogen and oxygen atoms in total. The Morgan fingerprint density at radius 3 is 2.61 bits per heavy atom. The molecule has 0 spiro atoms. The molecule has 0 aliphatic carbocycles. The number of piperidine rings is 1. The van der Waals surface area contributed by atoms with Gasteiger partial charge >= 0.3 is 5.97 Å². The Morgan fingerprint density at radius 1 is 1.16 bits per heavy atom. The Kier molecular flexibility index (Phi) is 6.74. The minimum Gasteiger partial charge on any atom is -0.468 e. The molecule has 0 bridgehead atoms. The normalized spacial score (nSPS) is 14.9. The van der Waals surface area contributed by atoms with Gasteiger partial charge in [-0.1, -0.05) is 23.7 Å². The first kappa shape index (κ1) is 21.2. The van der Waals surface area contributed by atoms with E-state index in [0.29, 0.717) is 17.4 Å². The lowest BCUT2D eigenvalue weighted by Crippen LogP contribution is -2.41. The molecule has 0 atom stereocenters. The molecular formula is C23H24ClN5O2. The number of hydrogen-bond donors (Lipinski definition) is 1. The van der Waals surface area contributed by atoms with Crippen LogP contribution in [0, 0.1) is 0 Å². The summed E-state index contributed by atoms with van der Waals surface area (Å²) in [4.78, 5) is 27.3. The Balaban J connectivity index is 1.55. The molecule has 3 aromatic rings. The SMILES string of the molecule is COC(=O)CN1CCC(Nc2cc(-c3ccc(Cl)cc3)nc(-c3cccnc3)n2)CC1. The summed E-state index contributed by atoms with van der Waals surface area (Å²) in [6.07, 6.45) is 5.32. The van der Waals surface area contributed by atoms with Crippen molar-refractivity contribution in [2.75, 3.05) is 32.1 Å². The van der Waals surface area contributed by atoms with Gasteiger partial charge in [0.2, 0.25) is 0 Å². The second-order valence-electron chi connectivity index (χ2n) is 7.48. The number of benzene rings is 1. The van der Waals surface area contributed by atoms with E-state index in [2.05, 4.69) is 15.2 Å². The molecule has 2 aromatic heterocycles. The predicted octanol–water partition coefficient (Wildman–Crippen LogP) is 3.91. The topological polar surface area (TPSA) is 80.2 Å². The molecule has 8 heteroatoms. The quantitative estimate of drug-likeness (QED) is 0.585. The minimum atomic E-state index is -0.198. The van der Waals surface area contributed by atoms with Crippen LogP contribution < -0.4 is 5.32 Å². The standard InChI is InChI=1S/C23H24ClN5O2/c1-31-22(30)15-29-11-8-19(9-12-29)26-21-13-20(16-4-6-18(24)7-5-16)27-23(28-21)17-3-2-10-25-14-17/h2-7,10,13-14,19H,8-9,11-12,15H2,1H3,(H,26,27,28). The van der Waals surface area contributed by atoms with E-state index in [1.807, 2.05) is 42.5 Å². The van der Waals surface area contributed by atoms with Gasteiger partial charge in [0.25, 0.3) is 0 Å². The van der Waals surface area contributed by atoms with Crippen molar-refractivity contribution in [2.24, 2.45) is 0 Å². The first-order chi connectivity index (χ1) is 15.1. The van der Waals surface area contributed by atoms with E-state index >= 15 is 0 Å². The predicted molar refractivity (Wildman–Crippen MR) is 121 cm³/mol. The van der Waals surface area contributed by atoms with Gasteiger partial charge in [0.15, 0.2) is 5.82 Å². The van der Waals surface area contributed by atoms with Crippen LogP contribution in [0.15, 0.2) is 54.9 Å². The van der Waals surface area contributed by atoms with Crippen molar-refractivity contribution < 1.29 is 9.53 Å². The van der Waals surface area contributed by atoms with E-state index in [1.54, 1.807) is 12.4 Å². The van der Waals surface area contributed by atoms with Crippen LogP contribution in [0.3, 0.4) is 0 Å². The minimum absolute atomic E-state index is 0.198. The van der Waals surface area contributed by atoms with Crippen molar-refractivity contribution in [3.63, 3.8) is 0 Å². The smallest absolute Gasteiger partial charge is 0.319 e. The van der Waals surface area contributed by atoms with Gasteiger partial charge < -0.3 is 10.1 Å². The second kappa shape index (κ2) is 9.85. The molecule has 1 aliphatic rings. The molecule has 0 saturated carbocycles. The van der Waals surface area contributed by atoms with Crippen molar-refractivity contribution in [2.45, 2.75) is 18.9 Å². The molecule has 1 fully saturated rings.